The summed E-state index contributed by atoms with van der Waals surface area (Å²) in [5.41, 5.74) is 0. The first kappa shape index (κ1) is 9.96. The minimum Gasteiger partial charge on any atom is -0.389 e. The third-order valence-corrected chi connectivity index (χ3v) is 2.11. The van der Waals surface area contributed by atoms with Crippen molar-refractivity contribution in [3.8, 4) is 0 Å². The molecule has 1 heterocycles. The fourth-order valence-electron chi connectivity index (χ4n) is 1.26. The summed E-state index contributed by atoms with van der Waals surface area (Å²) in [7, 11) is 0. The lowest BCUT2D eigenvalue weighted by atomic mass is 10.2. The van der Waals surface area contributed by atoms with E-state index >= 15 is 0 Å². The number of halogens is 2. The lowest BCUT2D eigenvalue weighted by molar-refractivity contribution is 0.0932. The number of rotatable bonds is 3. The summed E-state index contributed by atoms with van der Waals surface area (Å²) < 4.78 is 11.9. The molecule has 0 saturated heterocycles. The molecule has 1 rings (SSSR count). The van der Waals surface area contributed by atoms with Crippen LogP contribution in [-0.2, 0) is 0 Å². The van der Waals surface area contributed by atoms with Crippen molar-refractivity contribution >= 4 is 11.6 Å². The minimum absolute atomic E-state index is 0.376. The molecule has 0 fully saturated rings. The fraction of sp³-hybridized carbons (Fsp3) is 0.750. The van der Waals surface area contributed by atoms with Gasteiger partial charge in [-0.25, -0.2) is 4.39 Å². The van der Waals surface area contributed by atoms with Crippen LogP contribution in [0.1, 0.15) is 6.42 Å². The van der Waals surface area contributed by atoms with Crippen molar-refractivity contribution in [3.63, 3.8) is 0 Å². The van der Waals surface area contributed by atoms with Gasteiger partial charge in [0.2, 0.25) is 0 Å². The molecule has 0 aliphatic carbocycles. The van der Waals surface area contributed by atoms with Crippen molar-refractivity contribution in [2.45, 2.75) is 12.5 Å². The van der Waals surface area contributed by atoms with Crippen LogP contribution in [0.5, 0.6) is 0 Å². The van der Waals surface area contributed by atoms with Gasteiger partial charge in [0.05, 0.1) is 6.10 Å². The Labute approximate surface area is 76.6 Å². The van der Waals surface area contributed by atoms with E-state index in [0.29, 0.717) is 13.1 Å². The summed E-state index contributed by atoms with van der Waals surface area (Å²) in [6.45, 7) is 1.18. The van der Waals surface area contributed by atoms with Gasteiger partial charge < -0.3 is 5.11 Å². The maximum Gasteiger partial charge on any atom is 0.117 e. The normalized spacial score (nSPS) is 22.1. The first-order valence-electron chi connectivity index (χ1n) is 4.03. The lowest BCUT2D eigenvalue weighted by Gasteiger charge is -2.26. The summed E-state index contributed by atoms with van der Waals surface area (Å²) in [6.07, 6.45) is 1.98. The SMILES string of the molecule is OC(CF)CN1CCC=C(Cl)C1. The highest BCUT2D eigenvalue weighted by Gasteiger charge is 2.14. The highest BCUT2D eigenvalue weighted by Crippen LogP contribution is 2.12. The van der Waals surface area contributed by atoms with Gasteiger partial charge in [-0.15, -0.1) is 0 Å². The van der Waals surface area contributed by atoms with Gasteiger partial charge in [0.15, 0.2) is 0 Å². The van der Waals surface area contributed by atoms with Gasteiger partial charge in [-0.3, -0.25) is 4.90 Å². The summed E-state index contributed by atoms with van der Waals surface area (Å²) in [5, 5.41) is 9.80. The fourth-order valence-corrected chi connectivity index (χ4v) is 1.54. The van der Waals surface area contributed by atoms with E-state index in [9.17, 15) is 4.39 Å². The largest absolute Gasteiger partial charge is 0.389 e. The molecule has 0 aromatic rings. The van der Waals surface area contributed by atoms with Gasteiger partial charge >= 0.3 is 0 Å². The van der Waals surface area contributed by atoms with Gasteiger partial charge in [-0.1, -0.05) is 17.7 Å². The molecule has 1 unspecified atom stereocenters. The zero-order chi connectivity index (χ0) is 8.97. The number of aliphatic hydroxyl groups excluding tert-OH is 1. The number of nitrogens with zero attached hydrogens (tertiary/aromatic N) is 1. The Morgan fingerprint density at radius 2 is 2.50 bits per heavy atom. The second kappa shape index (κ2) is 4.80. The number of aliphatic hydroxyl groups is 1. The Morgan fingerprint density at radius 3 is 3.08 bits per heavy atom. The first-order valence-corrected chi connectivity index (χ1v) is 4.41. The molecule has 1 N–H and O–H groups in total. The molecule has 0 aromatic carbocycles. The van der Waals surface area contributed by atoms with Crippen LogP contribution >= 0.6 is 11.6 Å². The molecule has 12 heavy (non-hydrogen) atoms. The molecule has 70 valence electrons. The van der Waals surface area contributed by atoms with Crippen molar-refractivity contribution in [1.29, 1.82) is 0 Å². The molecule has 1 aliphatic rings. The second-order valence-electron chi connectivity index (χ2n) is 2.98. The van der Waals surface area contributed by atoms with Crippen molar-refractivity contribution in [2.24, 2.45) is 0 Å². The van der Waals surface area contributed by atoms with Crippen LogP contribution < -0.4 is 0 Å². The van der Waals surface area contributed by atoms with E-state index in [0.717, 1.165) is 18.0 Å². The van der Waals surface area contributed by atoms with E-state index < -0.39 is 12.8 Å². The molecule has 0 radical (unpaired) electrons. The maximum absolute atomic E-state index is 11.9. The Kier molecular flexibility index (Phi) is 3.98. The molecule has 0 amide bonds. The molecule has 2 nitrogen and oxygen atoms in total. The minimum atomic E-state index is -0.868. The van der Waals surface area contributed by atoms with E-state index in [2.05, 4.69) is 0 Å². The van der Waals surface area contributed by atoms with Crippen LogP contribution in [0.3, 0.4) is 0 Å². The smallest absolute Gasteiger partial charge is 0.117 e. The van der Waals surface area contributed by atoms with Gasteiger partial charge in [0.25, 0.3) is 0 Å². The number of β-amino-alcohol motifs (C(OH)–C–C–N with tert-alkyl or cyclic N) is 1. The predicted octanol–water partition coefficient (Wildman–Crippen LogP) is 1.15. The molecule has 1 atom stereocenters. The van der Waals surface area contributed by atoms with Crippen LogP contribution in [0.2, 0.25) is 0 Å². The van der Waals surface area contributed by atoms with Gasteiger partial charge in [-0.05, 0) is 6.42 Å². The Balaban J connectivity index is 2.30. The van der Waals surface area contributed by atoms with E-state index in [1.807, 2.05) is 11.0 Å². The quantitative estimate of drug-likeness (QED) is 0.727. The Hall–Kier alpha value is -0.120. The van der Waals surface area contributed by atoms with Crippen LogP contribution in [0.15, 0.2) is 11.1 Å². The standard InChI is InChI=1S/C8H13ClFNO/c9-7-2-1-3-11(5-7)6-8(12)4-10/h2,8,12H,1,3-6H2. The summed E-state index contributed by atoms with van der Waals surface area (Å²) in [6, 6.07) is 0. The highest BCUT2D eigenvalue weighted by atomic mass is 35.5. The van der Waals surface area contributed by atoms with E-state index in [4.69, 9.17) is 16.7 Å². The molecule has 0 aromatic heterocycles. The van der Waals surface area contributed by atoms with E-state index in [-0.39, 0.29) is 0 Å². The molecular weight excluding hydrogens is 181 g/mol. The van der Waals surface area contributed by atoms with Crippen LogP contribution in [0, 0.1) is 0 Å². The van der Waals surface area contributed by atoms with Crippen LogP contribution in [0.4, 0.5) is 4.39 Å². The average molecular weight is 194 g/mol. The zero-order valence-corrected chi connectivity index (χ0v) is 7.60. The third-order valence-electron chi connectivity index (χ3n) is 1.83. The summed E-state index contributed by atoms with van der Waals surface area (Å²) in [5.74, 6) is 0. The molecule has 0 saturated carbocycles. The topological polar surface area (TPSA) is 23.5 Å². The molecule has 4 heteroatoms. The van der Waals surface area contributed by atoms with E-state index in [1.54, 1.807) is 0 Å². The van der Waals surface area contributed by atoms with Crippen molar-refractivity contribution in [3.05, 3.63) is 11.1 Å². The van der Waals surface area contributed by atoms with Crippen LogP contribution in [0.25, 0.3) is 0 Å². The monoisotopic (exact) mass is 193 g/mol. The number of alkyl halides is 1. The van der Waals surface area contributed by atoms with Crippen molar-refractivity contribution in [1.82, 2.24) is 4.90 Å². The maximum atomic E-state index is 11.9. The lowest BCUT2D eigenvalue weighted by Crippen LogP contribution is -2.36. The number of hydrogen-bond acceptors (Lipinski definition) is 2. The molecule has 0 spiro atoms. The third kappa shape index (κ3) is 3.09. The molecular formula is C8H13ClFNO. The Morgan fingerprint density at radius 1 is 1.75 bits per heavy atom. The summed E-state index contributed by atoms with van der Waals surface area (Å²) >= 11 is 5.78. The van der Waals surface area contributed by atoms with Crippen molar-refractivity contribution < 1.29 is 9.50 Å². The zero-order valence-electron chi connectivity index (χ0n) is 6.84. The summed E-state index contributed by atoms with van der Waals surface area (Å²) in [4.78, 5) is 1.95. The Bertz CT molecular complexity index is 174. The van der Waals surface area contributed by atoms with Gasteiger partial charge in [0.1, 0.15) is 6.67 Å². The molecule has 1 aliphatic heterocycles. The van der Waals surface area contributed by atoms with Crippen LogP contribution in [-0.4, -0.2) is 42.4 Å². The van der Waals surface area contributed by atoms with Gasteiger partial charge in [-0.2, -0.15) is 0 Å². The first-order chi connectivity index (χ1) is 5.72. The average Bonchev–Trinajstić information content (AvgIpc) is 2.04. The number of hydrogen-bond donors (Lipinski definition) is 1. The predicted molar refractivity (Wildman–Crippen MR) is 47.0 cm³/mol. The van der Waals surface area contributed by atoms with Crippen molar-refractivity contribution in [2.75, 3.05) is 26.3 Å². The highest BCUT2D eigenvalue weighted by molar-refractivity contribution is 6.29. The van der Waals surface area contributed by atoms with Gasteiger partial charge in [0, 0.05) is 24.7 Å². The van der Waals surface area contributed by atoms with E-state index in [1.165, 1.54) is 0 Å². The molecule has 0 bridgehead atoms. The second-order valence-corrected chi connectivity index (χ2v) is 3.47.